The zero-order valence-electron chi connectivity index (χ0n) is 14.9. The number of hydrogen-bond acceptors (Lipinski definition) is 2. The van der Waals surface area contributed by atoms with Gasteiger partial charge in [-0.25, -0.2) is 0 Å². The molecule has 21 heavy (non-hydrogen) atoms. The molecule has 0 amide bonds. The zero-order valence-corrected chi connectivity index (χ0v) is 15.9. The molecule has 2 aliphatic carbocycles. The van der Waals surface area contributed by atoms with E-state index in [1.54, 1.807) is 0 Å². The van der Waals surface area contributed by atoms with Crippen LogP contribution >= 0.6 is 0 Å². The van der Waals surface area contributed by atoms with Gasteiger partial charge in [0.1, 0.15) is 0 Å². The normalized spacial score (nSPS) is 34.4. The van der Waals surface area contributed by atoms with E-state index in [9.17, 15) is 4.79 Å². The van der Waals surface area contributed by atoms with Crippen LogP contribution in [0.15, 0.2) is 11.6 Å². The predicted octanol–water partition coefficient (Wildman–Crippen LogP) is 5.10. The minimum absolute atomic E-state index is 0.166. The van der Waals surface area contributed by atoms with Gasteiger partial charge in [-0.05, 0) is 54.8 Å². The lowest BCUT2D eigenvalue weighted by Crippen LogP contribution is -2.50. The summed E-state index contributed by atoms with van der Waals surface area (Å²) >= 11 is 0. The predicted molar refractivity (Wildman–Crippen MR) is 90.9 cm³/mol. The summed E-state index contributed by atoms with van der Waals surface area (Å²) in [5.74, 6) is 0.818. The van der Waals surface area contributed by atoms with Crippen LogP contribution in [0.1, 0.15) is 60.3 Å². The van der Waals surface area contributed by atoms with Crippen LogP contribution in [0.5, 0.6) is 0 Å². The van der Waals surface area contributed by atoms with Gasteiger partial charge in [0, 0.05) is 12.5 Å². The van der Waals surface area contributed by atoms with Crippen LogP contribution in [0, 0.1) is 11.3 Å². The van der Waals surface area contributed by atoms with Crippen LogP contribution < -0.4 is 0 Å². The van der Waals surface area contributed by atoms with Crippen LogP contribution in [-0.2, 0) is 9.22 Å². The molecule has 0 aromatic rings. The Kier molecular flexibility index (Phi) is 4.31. The number of ketones is 1. The maximum atomic E-state index is 11.7. The van der Waals surface area contributed by atoms with Gasteiger partial charge >= 0.3 is 0 Å². The van der Waals surface area contributed by atoms with Crippen molar-refractivity contribution in [3.8, 4) is 0 Å². The molecule has 1 fully saturated rings. The molecular weight excluding hydrogens is 276 g/mol. The van der Waals surface area contributed by atoms with Gasteiger partial charge in [0.05, 0.1) is 0 Å². The highest BCUT2D eigenvalue weighted by molar-refractivity contribution is 6.74. The van der Waals surface area contributed by atoms with Crippen molar-refractivity contribution in [3.05, 3.63) is 11.6 Å². The maximum absolute atomic E-state index is 11.7. The fourth-order valence-corrected chi connectivity index (χ4v) is 4.96. The standard InChI is InChI=1S/C18H32O2Si/c1-13-16(20-21(6,7)17(2,3)4)9-8-14-12-15(19)10-11-18(13,14)5/h12-13,16H,8-11H2,1-7H3/t13-,16-,18+/m0/s1. The summed E-state index contributed by atoms with van der Waals surface area (Å²) in [7, 11) is -1.72. The third kappa shape index (κ3) is 3.05. The summed E-state index contributed by atoms with van der Waals surface area (Å²) in [6, 6.07) is 0. The molecule has 2 nitrogen and oxygen atoms in total. The summed E-state index contributed by atoms with van der Waals surface area (Å²) in [5.41, 5.74) is 1.54. The fraction of sp³-hybridized carbons (Fsp3) is 0.833. The molecule has 2 rings (SSSR count). The van der Waals surface area contributed by atoms with E-state index in [2.05, 4.69) is 47.7 Å². The van der Waals surface area contributed by atoms with Crippen LogP contribution in [0.2, 0.25) is 18.1 Å². The molecular formula is C18H32O2Si. The SMILES string of the molecule is C[C@H]1[C@@H](O[Si](C)(C)C(C)(C)C)CCC2=CC(=O)CC[C@@]21C. The number of carbonyl (C=O) groups is 1. The van der Waals surface area contributed by atoms with Crippen LogP contribution in [-0.4, -0.2) is 20.2 Å². The first-order valence-corrected chi connectivity index (χ1v) is 11.3. The molecule has 0 heterocycles. The van der Waals surface area contributed by atoms with Gasteiger partial charge in [-0.1, -0.05) is 40.2 Å². The van der Waals surface area contributed by atoms with Crippen molar-refractivity contribution >= 4 is 14.1 Å². The number of fused-ring (bicyclic) bond motifs is 1. The lowest BCUT2D eigenvalue weighted by Gasteiger charge is -2.51. The van der Waals surface area contributed by atoms with Gasteiger partial charge in [0.2, 0.25) is 0 Å². The second-order valence-electron chi connectivity index (χ2n) is 8.80. The maximum Gasteiger partial charge on any atom is 0.192 e. The van der Waals surface area contributed by atoms with Crippen molar-refractivity contribution in [2.45, 2.75) is 84.5 Å². The minimum atomic E-state index is -1.72. The second kappa shape index (κ2) is 5.34. The first-order valence-electron chi connectivity index (χ1n) is 8.39. The van der Waals surface area contributed by atoms with Gasteiger partial charge in [0.25, 0.3) is 0 Å². The van der Waals surface area contributed by atoms with Gasteiger partial charge < -0.3 is 4.43 Å². The van der Waals surface area contributed by atoms with Crippen molar-refractivity contribution < 1.29 is 9.22 Å². The highest BCUT2D eigenvalue weighted by Crippen LogP contribution is 2.52. The summed E-state index contributed by atoms with van der Waals surface area (Å²) in [6.45, 7) is 16.3. The molecule has 0 saturated heterocycles. The van der Waals surface area contributed by atoms with E-state index >= 15 is 0 Å². The summed E-state index contributed by atoms with van der Waals surface area (Å²) in [4.78, 5) is 11.7. The molecule has 0 spiro atoms. The van der Waals surface area contributed by atoms with E-state index in [0.29, 0.717) is 24.2 Å². The Bertz CT molecular complexity index is 458. The van der Waals surface area contributed by atoms with E-state index in [-0.39, 0.29) is 10.5 Å². The average molecular weight is 309 g/mol. The van der Waals surface area contributed by atoms with Crippen molar-refractivity contribution in [1.82, 2.24) is 0 Å². The Morgan fingerprint density at radius 3 is 2.48 bits per heavy atom. The smallest absolute Gasteiger partial charge is 0.192 e. The van der Waals surface area contributed by atoms with Crippen molar-refractivity contribution in [2.24, 2.45) is 11.3 Å². The topological polar surface area (TPSA) is 26.3 Å². The molecule has 120 valence electrons. The molecule has 0 radical (unpaired) electrons. The number of allylic oxidation sites excluding steroid dienone is 2. The first-order chi connectivity index (χ1) is 9.47. The minimum Gasteiger partial charge on any atom is -0.414 e. The quantitative estimate of drug-likeness (QED) is 0.663. The monoisotopic (exact) mass is 308 g/mol. The highest BCUT2D eigenvalue weighted by Gasteiger charge is 2.48. The Labute approximate surface area is 131 Å². The highest BCUT2D eigenvalue weighted by atomic mass is 28.4. The van der Waals surface area contributed by atoms with Crippen LogP contribution in [0.3, 0.4) is 0 Å². The van der Waals surface area contributed by atoms with Crippen LogP contribution in [0.4, 0.5) is 0 Å². The molecule has 0 unspecified atom stereocenters. The van der Waals surface area contributed by atoms with E-state index < -0.39 is 8.32 Å². The van der Waals surface area contributed by atoms with E-state index in [1.165, 1.54) is 5.57 Å². The Balaban J connectivity index is 2.20. The van der Waals surface area contributed by atoms with Crippen molar-refractivity contribution in [2.75, 3.05) is 0 Å². The molecule has 1 saturated carbocycles. The Morgan fingerprint density at radius 2 is 1.90 bits per heavy atom. The molecule has 2 aliphatic rings. The van der Waals surface area contributed by atoms with Gasteiger partial charge in [-0.2, -0.15) is 0 Å². The van der Waals surface area contributed by atoms with E-state index in [0.717, 1.165) is 19.3 Å². The molecule has 3 atom stereocenters. The third-order valence-corrected chi connectivity index (χ3v) is 11.0. The Hall–Kier alpha value is -0.413. The van der Waals surface area contributed by atoms with Crippen molar-refractivity contribution in [3.63, 3.8) is 0 Å². The molecule has 0 bridgehead atoms. The molecule has 3 heteroatoms. The van der Waals surface area contributed by atoms with Crippen molar-refractivity contribution in [1.29, 1.82) is 0 Å². The third-order valence-electron chi connectivity index (χ3n) is 6.47. The molecule has 0 N–H and O–H groups in total. The number of carbonyl (C=O) groups excluding carboxylic acids is 1. The van der Waals surface area contributed by atoms with Crippen LogP contribution in [0.25, 0.3) is 0 Å². The number of hydrogen-bond donors (Lipinski definition) is 0. The Morgan fingerprint density at radius 1 is 1.29 bits per heavy atom. The number of rotatable bonds is 2. The molecule has 0 aliphatic heterocycles. The lowest BCUT2D eigenvalue weighted by atomic mass is 9.59. The van der Waals surface area contributed by atoms with E-state index in [4.69, 9.17) is 4.43 Å². The largest absolute Gasteiger partial charge is 0.414 e. The first kappa shape index (κ1) is 16.9. The molecule has 0 aromatic carbocycles. The summed E-state index contributed by atoms with van der Waals surface area (Å²) in [6.07, 6.45) is 6.09. The summed E-state index contributed by atoms with van der Waals surface area (Å²) in [5, 5.41) is 0.256. The van der Waals surface area contributed by atoms with E-state index in [1.807, 2.05) is 6.08 Å². The van der Waals surface area contributed by atoms with Gasteiger partial charge in [-0.15, -0.1) is 0 Å². The summed E-state index contributed by atoms with van der Waals surface area (Å²) < 4.78 is 6.72. The van der Waals surface area contributed by atoms with Gasteiger partial charge in [-0.3, -0.25) is 4.79 Å². The zero-order chi connectivity index (χ0) is 16.1. The fourth-order valence-electron chi connectivity index (χ4n) is 3.53. The molecule has 0 aromatic heterocycles. The lowest BCUT2D eigenvalue weighted by molar-refractivity contribution is -0.116. The van der Waals surface area contributed by atoms with Gasteiger partial charge in [0.15, 0.2) is 14.1 Å². The second-order valence-corrected chi connectivity index (χ2v) is 13.6. The average Bonchev–Trinajstić information content (AvgIpc) is 2.34.